The Morgan fingerprint density at radius 3 is 2.62 bits per heavy atom. The molecule has 1 aromatic carbocycles. The smallest absolute Gasteiger partial charge is 0.407 e. The number of nitrogens with zero attached hydrogens (tertiary/aromatic N) is 2. The average Bonchev–Trinajstić information content (AvgIpc) is 2.66. The fourth-order valence-electron chi connectivity index (χ4n) is 4.00. The number of fused-ring (bicyclic) bond motifs is 1. The lowest BCUT2D eigenvalue weighted by atomic mass is 9.80. The Labute approximate surface area is 176 Å². The number of ether oxygens (including phenoxy) is 1. The minimum Gasteiger partial charge on any atom is -0.465 e. The number of carbonyl (C=O) groups is 2. The summed E-state index contributed by atoms with van der Waals surface area (Å²) in [6.45, 7) is 10.3. The van der Waals surface area contributed by atoms with Gasteiger partial charge in [-0.25, -0.2) is 9.59 Å². The summed E-state index contributed by atoms with van der Waals surface area (Å²) >= 11 is 6.82. The summed E-state index contributed by atoms with van der Waals surface area (Å²) in [6.07, 6.45) is -0.302. The Kier molecular flexibility index (Phi) is 6.29. The average molecular weight is 424 g/mol. The van der Waals surface area contributed by atoms with Gasteiger partial charge in [0.1, 0.15) is 5.50 Å². The molecular formula is C21H30ClN3O4. The van der Waals surface area contributed by atoms with E-state index in [1.54, 1.807) is 4.90 Å². The molecule has 3 rings (SSSR count). The van der Waals surface area contributed by atoms with Gasteiger partial charge in [-0.15, -0.1) is 0 Å². The zero-order valence-electron chi connectivity index (χ0n) is 17.5. The lowest BCUT2D eigenvalue weighted by Gasteiger charge is -2.40. The Balaban J connectivity index is 2.13. The second-order valence-electron chi connectivity index (χ2n) is 8.57. The molecule has 1 aromatic rings. The van der Waals surface area contributed by atoms with Crippen LogP contribution in [0.3, 0.4) is 0 Å². The van der Waals surface area contributed by atoms with E-state index >= 15 is 0 Å². The SMILES string of the molecule is CCNC(=O)N1CCc2cc(C(C)(C)C)cc([C@@H]3COCCN3C(=O)O)c2C1Cl. The van der Waals surface area contributed by atoms with Gasteiger partial charge in [0.2, 0.25) is 0 Å². The van der Waals surface area contributed by atoms with Crippen LogP contribution in [-0.4, -0.2) is 59.9 Å². The lowest BCUT2D eigenvalue weighted by Crippen LogP contribution is -2.46. The van der Waals surface area contributed by atoms with Gasteiger partial charge in [0, 0.05) is 19.6 Å². The molecule has 2 aliphatic heterocycles. The second-order valence-corrected chi connectivity index (χ2v) is 8.98. The van der Waals surface area contributed by atoms with Gasteiger partial charge in [-0.05, 0) is 41.0 Å². The summed E-state index contributed by atoms with van der Waals surface area (Å²) < 4.78 is 5.64. The number of rotatable bonds is 2. The number of urea groups is 1. The third kappa shape index (κ3) is 4.31. The fraction of sp³-hybridized carbons (Fsp3) is 0.619. The summed E-state index contributed by atoms with van der Waals surface area (Å²) in [4.78, 5) is 27.4. The van der Waals surface area contributed by atoms with Crippen molar-refractivity contribution in [2.24, 2.45) is 0 Å². The lowest BCUT2D eigenvalue weighted by molar-refractivity contribution is -0.00149. The van der Waals surface area contributed by atoms with Crippen LogP contribution in [0.25, 0.3) is 0 Å². The Bertz CT molecular complexity index is 793. The molecule has 0 saturated carbocycles. The zero-order valence-corrected chi connectivity index (χ0v) is 18.3. The number of benzene rings is 1. The second kappa shape index (κ2) is 8.40. The van der Waals surface area contributed by atoms with Gasteiger partial charge < -0.3 is 20.1 Å². The molecule has 1 unspecified atom stereocenters. The van der Waals surface area contributed by atoms with Crippen molar-refractivity contribution in [1.29, 1.82) is 0 Å². The topological polar surface area (TPSA) is 82.1 Å². The quantitative estimate of drug-likeness (QED) is 0.559. The van der Waals surface area contributed by atoms with Gasteiger partial charge in [0.05, 0.1) is 19.3 Å². The molecule has 2 heterocycles. The zero-order chi connectivity index (χ0) is 21.3. The number of nitrogens with one attached hydrogen (secondary N) is 1. The maximum absolute atomic E-state index is 12.5. The van der Waals surface area contributed by atoms with Crippen molar-refractivity contribution >= 4 is 23.7 Å². The first-order valence-electron chi connectivity index (χ1n) is 10.1. The number of carboxylic acid groups (broad SMARTS) is 1. The van der Waals surface area contributed by atoms with E-state index in [0.717, 1.165) is 22.3 Å². The van der Waals surface area contributed by atoms with E-state index in [1.807, 2.05) is 13.0 Å². The van der Waals surface area contributed by atoms with Crippen LogP contribution in [0.1, 0.15) is 61.5 Å². The van der Waals surface area contributed by atoms with E-state index < -0.39 is 17.6 Å². The van der Waals surface area contributed by atoms with Gasteiger partial charge in [0.25, 0.3) is 0 Å². The Hall–Kier alpha value is -1.99. The largest absolute Gasteiger partial charge is 0.465 e. The molecule has 29 heavy (non-hydrogen) atoms. The molecule has 0 spiro atoms. The van der Waals surface area contributed by atoms with Crippen molar-refractivity contribution in [2.45, 2.75) is 51.1 Å². The summed E-state index contributed by atoms with van der Waals surface area (Å²) in [5.41, 5.74) is 3.10. The van der Waals surface area contributed by atoms with Crippen LogP contribution in [-0.2, 0) is 16.6 Å². The maximum Gasteiger partial charge on any atom is 0.407 e. The van der Waals surface area contributed by atoms with Crippen molar-refractivity contribution < 1.29 is 19.4 Å². The van der Waals surface area contributed by atoms with E-state index in [0.29, 0.717) is 32.7 Å². The highest BCUT2D eigenvalue weighted by Gasteiger charge is 2.37. The molecule has 2 N–H and O–H groups in total. The number of halogens is 1. The van der Waals surface area contributed by atoms with Crippen molar-refractivity contribution in [3.8, 4) is 0 Å². The van der Waals surface area contributed by atoms with E-state index in [9.17, 15) is 14.7 Å². The Morgan fingerprint density at radius 1 is 1.28 bits per heavy atom. The van der Waals surface area contributed by atoms with Crippen molar-refractivity contribution in [1.82, 2.24) is 15.1 Å². The van der Waals surface area contributed by atoms with E-state index in [-0.39, 0.29) is 18.1 Å². The van der Waals surface area contributed by atoms with Crippen LogP contribution in [0.4, 0.5) is 9.59 Å². The number of carbonyl (C=O) groups excluding carboxylic acids is 1. The van der Waals surface area contributed by atoms with Crippen molar-refractivity contribution in [3.05, 3.63) is 34.4 Å². The first-order chi connectivity index (χ1) is 13.6. The normalized spacial score (nSPS) is 22.2. The predicted molar refractivity (Wildman–Crippen MR) is 112 cm³/mol. The summed E-state index contributed by atoms with van der Waals surface area (Å²) in [7, 11) is 0. The predicted octanol–water partition coefficient (Wildman–Crippen LogP) is 3.86. The van der Waals surface area contributed by atoms with E-state index in [4.69, 9.17) is 16.3 Å². The molecule has 7 nitrogen and oxygen atoms in total. The van der Waals surface area contributed by atoms with Crippen LogP contribution in [0.15, 0.2) is 12.1 Å². The van der Waals surface area contributed by atoms with Crippen molar-refractivity contribution in [2.75, 3.05) is 32.8 Å². The molecule has 1 fully saturated rings. The number of amides is 3. The first-order valence-corrected chi connectivity index (χ1v) is 10.5. The number of alkyl halides is 1. The molecule has 0 bridgehead atoms. The highest BCUT2D eigenvalue weighted by atomic mass is 35.5. The number of hydrogen-bond acceptors (Lipinski definition) is 3. The van der Waals surface area contributed by atoms with Crippen LogP contribution in [0.2, 0.25) is 0 Å². The third-order valence-corrected chi connectivity index (χ3v) is 6.07. The molecule has 0 aromatic heterocycles. The maximum atomic E-state index is 12.5. The highest BCUT2D eigenvalue weighted by molar-refractivity contribution is 6.21. The van der Waals surface area contributed by atoms with Crippen LogP contribution < -0.4 is 5.32 Å². The molecule has 0 radical (unpaired) electrons. The number of morpholine rings is 1. The van der Waals surface area contributed by atoms with Crippen LogP contribution in [0, 0.1) is 0 Å². The molecule has 0 aliphatic carbocycles. The summed E-state index contributed by atoms with van der Waals surface area (Å²) in [5.74, 6) is 0. The summed E-state index contributed by atoms with van der Waals surface area (Å²) in [5, 5.41) is 12.6. The Morgan fingerprint density at radius 2 is 2.00 bits per heavy atom. The van der Waals surface area contributed by atoms with E-state index in [2.05, 4.69) is 32.2 Å². The van der Waals surface area contributed by atoms with Crippen molar-refractivity contribution in [3.63, 3.8) is 0 Å². The monoisotopic (exact) mass is 423 g/mol. The van der Waals surface area contributed by atoms with Gasteiger partial charge in [-0.3, -0.25) is 4.90 Å². The third-order valence-electron chi connectivity index (χ3n) is 5.62. The molecule has 2 atom stereocenters. The molecule has 160 valence electrons. The van der Waals surface area contributed by atoms with E-state index in [1.165, 1.54) is 4.90 Å². The molecule has 3 amide bonds. The minimum absolute atomic E-state index is 0.105. The van der Waals surface area contributed by atoms with Crippen LogP contribution >= 0.6 is 11.6 Å². The number of hydrogen-bond donors (Lipinski definition) is 2. The molecule has 1 saturated heterocycles. The standard InChI is InChI=1S/C21H30ClN3O4/c1-5-23-19(26)25-7-6-13-10-14(21(2,3)4)11-15(17(13)18(25)22)16-12-29-9-8-24(16)20(27)28/h10-11,16,18H,5-9,12H2,1-4H3,(H,23,26)(H,27,28)/t16-,18?/m0/s1. The molecule has 8 heteroatoms. The molecular weight excluding hydrogens is 394 g/mol. The van der Waals surface area contributed by atoms with Gasteiger partial charge in [-0.2, -0.15) is 0 Å². The minimum atomic E-state index is -0.976. The van der Waals surface area contributed by atoms with Gasteiger partial charge in [0.15, 0.2) is 0 Å². The van der Waals surface area contributed by atoms with Gasteiger partial charge in [-0.1, -0.05) is 44.5 Å². The fourth-order valence-corrected chi connectivity index (χ4v) is 4.45. The molecule has 2 aliphatic rings. The highest BCUT2D eigenvalue weighted by Crippen LogP contribution is 2.42. The summed E-state index contributed by atoms with van der Waals surface area (Å²) in [6, 6.07) is 3.54. The van der Waals surface area contributed by atoms with Crippen LogP contribution in [0.5, 0.6) is 0 Å². The first kappa shape index (κ1) is 21.7. The van der Waals surface area contributed by atoms with Gasteiger partial charge >= 0.3 is 12.1 Å².